The molecule has 0 radical (unpaired) electrons. The topological polar surface area (TPSA) is 87.1 Å². The highest BCUT2D eigenvalue weighted by Gasteiger charge is 2.50. The fraction of sp³-hybridized carbons (Fsp3) is 0.333. The van der Waals surface area contributed by atoms with Gasteiger partial charge in [-0.05, 0) is 36.6 Å². The van der Waals surface area contributed by atoms with Gasteiger partial charge in [0.1, 0.15) is 11.2 Å². The minimum Gasteiger partial charge on any atom is -0.481 e. The second kappa shape index (κ2) is 8.57. The van der Waals surface area contributed by atoms with Gasteiger partial charge in [0.05, 0.1) is 6.10 Å². The summed E-state index contributed by atoms with van der Waals surface area (Å²) in [6.07, 6.45) is -0.974. The molecule has 0 aromatic heterocycles. The Balaban J connectivity index is 1.85. The first-order valence-corrected chi connectivity index (χ1v) is 9.11. The number of benzene rings is 2. The Bertz CT molecular complexity index is 876. The van der Waals surface area contributed by atoms with E-state index in [1.165, 1.54) is 29.2 Å². The summed E-state index contributed by atoms with van der Waals surface area (Å²) >= 11 is 0. The summed E-state index contributed by atoms with van der Waals surface area (Å²) in [5.41, 5.74) is -0.721. The third-order valence-electron chi connectivity index (χ3n) is 5.17. The number of hydrogen-bond acceptors (Lipinski definition) is 4. The van der Waals surface area contributed by atoms with Crippen LogP contribution < -0.4 is 4.74 Å². The summed E-state index contributed by atoms with van der Waals surface area (Å²) in [6.45, 7) is -3.06. The normalized spacial score (nSPS) is 21.8. The molecule has 3 rings (SSSR count). The number of aliphatic hydroxyl groups is 1. The van der Waals surface area contributed by atoms with E-state index in [0.717, 1.165) is 5.56 Å². The lowest BCUT2D eigenvalue weighted by molar-refractivity contribution is -0.161. The van der Waals surface area contributed by atoms with Gasteiger partial charge in [0.25, 0.3) is 5.91 Å². The number of carboxylic acids is 1. The number of carbonyl (C=O) groups is 2. The Hall–Kier alpha value is -3.00. The van der Waals surface area contributed by atoms with Crippen molar-refractivity contribution in [3.05, 3.63) is 65.7 Å². The fourth-order valence-electron chi connectivity index (χ4n) is 3.66. The number of halogens is 2. The lowest BCUT2D eigenvalue weighted by Gasteiger charge is -2.43. The molecule has 8 heteroatoms. The number of amides is 1. The molecule has 0 aliphatic carbocycles. The van der Waals surface area contributed by atoms with Crippen molar-refractivity contribution in [2.75, 3.05) is 13.1 Å². The van der Waals surface area contributed by atoms with E-state index in [2.05, 4.69) is 4.74 Å². The summed E-state index contributed by atoms with van der Waals surface area (Å²) in [5, 5.41) is 20.5. The van der Waals surface area contributed by atoms with E-state index in [4.69, 9.17) is 0 Å². The Labute approximate surface area is 166 Å². The van der Waals surface area contributed by atoms with Crippen LogP contribution >= 0.6 is 0 Å². The van der Waals surface area contributed by atoms with Crippen LogP contribution in [0, 0.1) is 5.41 Å². The Kier molecular flexibility index (Phi) is 6.12. The second-order valence-corrected chi connectivity index (χ2v) is 7.06. The number of aliphatic hydroxyl groups excluding tert-OH is 1. The van der Waals surface area contributed by atoms with E-state index in [1.807, 2.05) is 0 Å². The van der Waals surface area contributed by atoms with Crippen molar-refractivity contribution in [2.24, 2.45) is 5.41 Å². The van der Waals surface area contributed by atoms with Crippen molar-refractivity contribution in [1.82, 2.24) is 4.90 Å². The maximum Gasteiger partial charge on any atom is 0.387 e. The molecule has 0 bridgehead atoms. The molecule has 2 aromatic rings. The molecule has 1 saturated heterocycles. The molecule has 2 aromatic carbocycles. The van der Waals surface area contributed by atoms with Crippen molar-refractivity contribution in [3.63, 3.8) is 0 Å². The van der Waals surface area contributed by atoms with Crippen LogP contribution in [0.15, 0.2) is 54.6 Å². The van der Waals surface area contributed by atoms with Gasteiger partial charge in [0.2, 0.25) is 0 Å². The smallest absolute Gasteiger partial charge is 0.387 e. The largest absolute Gasteiger partial charge is 0.481 e. The molecule has 0 unspecified atom stereocenters. The van der Waals surface area contributed by atoms with Crippen molar-refractivity contribution < 1.29 is 33.3 Å². The van der Waals surface area contributed by atoms with Crippen LogP contribution in [0.1, 0.15) is 22.3 Å². The van der Waals surface area contributed by atoms with Crippen molar-refractivity contribution in [2.45, 2.75) is 25.6 Å². The minimum absolute atomic E-state index is 0.0582. The molecule has 1 fully saturated rings. The van der Waals surface area contributed by atoms with Crippen molar-refractivity contribution in [3.8, 4) is 5.75 Å². The average molecular weight is 405 g/mol. The van der Waals surface area contributed by atoms with E-state index >= 15 is 0 Å². The monoisotopic (exact) mass is 405 g/mol. The molecule has 1 heterocycles. The highest BCUT2D eigenvalue weighted by atomic mass is 19.3. The number of nitrogens with zero attached hydrogens (tertiary/aromatic N) is 1. The first-order valence-electron chi connectivity index (χ1n) is 9.11. The van der Waals surface area contributed by atoms with Crippen LogP contribution in [0.2, 0.25) is 0 Å². The minimum atomic E-state index is -3.02. The second-order valence-electron chi connectivity index (χ2n) is 7.06. The van der Waals surface area contributed by atoms with Gasteiger partial charge in [-0.15, -0.1) is 0 Å². The summed E-state index contributed by atoms with van der Waals surface area (Å²) in [7, 11) is 0. The predicted octanol–water partition coefficient (Wildman–Crippen LogP) is 2.81. The number of hydrogen-bond donors (Lipinski definition) is 2. The first-order chi connectivity index (χ1) is 13.8. The van der Waals surface area contributed by atoms with Crippen LogP contribution in [0.5, 0.6) is 5.75 Å². The van der Waals surface area contributed by atoms with Gasteiger partial charge in [-0.25, -0.2) is 0 Å². The molecule has 0 saturated carbocycles. The van der Waals surface area contributed by atoms with Gasteiger partial charge < -0.3 is 19.8 Å². The molecule has 6 nitrogen and oxygen atoms in total. The highest BCUT2D eigenvalue weighted by molar-refractivity contribution is 5.95. The Morgan fingerprint density at radius 2 is 1.90 bits per heavy atom. The van der Waals surface area contributed by atoms with Crippen LogP contribution in [0.4, 0.5) is 8.78 Å². The maximum absolute atomic E-state index is 12.9. The van der Waals surface area contributed by atoms with E-state index in [1.54, 1.807) is 30.3 Å². The van der Waals surface area contributed by atoms with E-state index in [-0.39, 0.29) is 37.2 Å². The number of ether oxygens (including phenoxy) is 1. The van der Waals surface area contributed by atoms with Gasteiger partial charge >= 0.3 is 12.6 Å². The summed E-state index contributed by atoms with van der Waals surface area (Å²) in [6, 6.07) is 14.3. The molecule has 1 aliphatic heterocycles. The Morgan fingerprint density at radius 1 is 1.17 bits per heavy atom. The van der Waals surface area contributed by atoms with E-state index < -0.39 is 30.0 Å². The van der Waals surface area contributed by atoms with E-state index in [9.17, 15) is 28.6 Å². The number of rotatable bonds is 6. The van der Waals surface area contributed by atoms with Gasteiger partial charge in [-0.1, -0.05) is 36.4 Å². The van der Waals surface area contributed by atoms with Gasteiger partial charge in [-0.3, -0.25) is 9.59 Å². The zero-order valence-corrected chi connectivity index (χ0v) is 15.5. The van der Waals surface area contributed by atoms with Gasteiger partial charge in [-0.2, -0.15) is 8.78 Å². The third kappa shape index (κ3) is 4.54. The molecule has 0 spiro atoms. The average Bonchev–Trinajstić information content (AvgIpc) is 2.69. The molecular formula is C21H21F2NO5. The zero-order chi connectivity index (χ0) is 21.0. The third-order valence-corrected chi connectivity index (χ3v) is 5.17. The molecule has 2 atom stereocenters. The van der Waals surface area contributed by atoms with Crippen molar-refractivity contribution in [1.29, 1.82) is 0 Å². The molecule has 1 aliphatic rings. The van der Waals surface area contributed by atoms with Gasteiger partial charge in [0, 0.05) is 18.7 Å². The van der Waals surface area contributed by atoms with Crippen LogP contribution in [0.25, 0.3) is 0 Å². The van der Waals surface area contributed by atoms with Crippen molar-refractivity contribution >= 4 is 11.9 Å². The maximum atomic E-state index is 12.9. The summed E-state index contributed by atoms with van der Waals surface area (Å²) in [5.74, 6) is -1.85. The first kappa shape index (κ1) is 20.7. The highest BCUT2D eigenvalue weighted by Crippen LogP contribution is 2.35. The standard InChI is InChI=1S/C21H21F2NO5/c22-20(23)29-16-8-4-7-15(11-16)18(26)24-10-9-17(25)21(13-24,19(27)28)12-14-5-2-1-3-6-14/h1-8,11,17,20,25H,9-10,12-13H2,(H,27,28)/t17-,21+/m0/s1. The molecule has 154 valence electrons. The molecular weight excluding hydrogens is 384 g/mol. The predicted molar refractivity (Wildman–Crippen MR) is 99.8 cm³/mol. The fourth-order valence-corrected chi connectivity index (χ4v) is 3.66. The van der Waals surface area contributed by atoms with Gasteiger partial charge in [0.15, 0.2) is 0 Å². The molecule has 1 amide bonds. The number of alkyl halides is 2. The van der Waals surface area contributed by atoms with Crippen LogP contribution in [-0.4, -0.2) is 52.8 Å². The number of likely N-dealkylation sites (tertiary alicyclic amines) is 1. The van der Waals surface area contributed by atoms with Crippen LogP contribution in [-0.2, 0) is 11.2 Å². The number of piperidine rings is 1. The summed E-state index contributed by atoms with van der Waals surface area (Å²) in [4.78, 5) is 26.4. The lowest BCUT2D eigenvalue weighted by Crippen LogP contribution is -2.58. The zero-order valence-electron chi connectivity index (χ0n) is 15.5. The number of carboxylic acid groups (broad SMARTS) is 1. The lowest BCUT2D eigenvalue weighted by atomic mass is 9.72. The van der Waals surface area contributed by atoms with Crippen LogP contribution in [0.3, 0.4) is 0 Å². The molecule has 2 N–H and O–H groups in total. The molecule has 29 heavy (non-hydrogen) atoms. The number of carbonyl (C=O) groups excluding carboxylic acids is 1. The summed E-state index contributed by atoms with van der Waals surface area (Å²) < 4.78 is 29.2. The van der Waals surface area contributed by atoms with E-state index in [0.29, 0.717) is 0 Å². The Morgan fingerprint density at radius 3 is 2.55 bits per heavy atom. The quantitative estimate of drug-likeness (QED) is 0.772. The SMILES string of the molecule is O=C(c1cccc(OC(F)F)c1)N1CC[C@H](O)[C@](Cc2ccccc2)(C(=O)O)C1. The number of aliphatic carboxylic acids is 1.